The summed E-state index contributed by atoms with van der Waals surface area (Å²) in [5.41, 5.74) is -0.362. The first-order valence-electron chi connectivity index (χ1n) is 23.7. The second kappa shape index (κ2) is 21.4. The maximum absolute atomic E-state index is 14.8. The van der Waals surface area contributed by atoms with E-state index in [1.165, 1.54) is 34.1 Å². The number of methoxy groups -OCH3 is 1. The number of rotatable bonds is 12. The lowest BCUT2D eigenvalue weighted by atomic mass is 9.73. The molecule has 4 heterocycles. The average Bonchev–Trinajstić information content (AvgIpc) is 4.12. The number of aliphatic hydroxyl groups excluding tert-OH is 1. The van der Waals surface area contributed by atoms with Crippen molar-refractivity contribution in [2.75, 3.05) is 65.0 Å². The zero-order valence-corrected chi connectivity index (χ0v) is 41.2. The molecule has 0 unspecified atom stereocenters. The summed E-state index contributed by atoms with van der Waals surface area (Å²) in [6.45, 7) is 21.5. The Hall–Kier alpha value is -5.85. The molecule has 9 atom stereocenters. The SMILES string of the molecule is CO[C@H]1/C=C/O[C@@]2(C)Oc3c(C)c(=O)c4c(O)c(c5oc6cc(OCCNCCOCCN7CC7)ccc6nc5c4c3C2=O)NC(=O)/C(C)=C\C=C\[C@H](C)[C@H](O)[C@@H](C)[C@@H](C)[C@@H](C)[C@H](OC(C)=O)[C@@H]1C. The summed E-state index contributed by atoms with van der Waals surface area (Å²) in [6.07, 6.45) is 5.74. The number of hydrogen-bond donors (Lipinski definition) is 4. The molecule has 4 aromatic rings. The van der Waals surface area contributed by atoms with E-state index in [1.54, 1.807) is 49.4 Å². The Morgan fingerprint density at radius 1 is 0.986 bits per heavy atom. The molecule has 0 saturated carbocycles. The van der Waals surface area contributed by atoms with E-state index >= 15 is 0 Å². The minimum absolute atomic E-state index is 0.00820. The van der Waals surface area contributed by atoms with Crippen LogP contribution in [-0.2, 0) is 28.5 Å². The van der Waals surface area contributed by atoms with Gasteiger partial charge < -0.3 is 53.7 Å². The van der Waals surface area contributed by atoms with Crippen LogP contribution in [0, 0.1) is 36.5 Å². The molecule has 0 radical (unpaired) electrons. The first kappa shape index (κ1) is 51.0. The number of Topliss-reactive ketones (excluding diaryl/α,β-unsaturated/α-hetero) is 1. The van der Waals surface area contributed by atoms with Crippen molar-refractivity contribution in [2.24, 2.45) is 29.6 Å². The summed E-state index contributed by atoms with van der Waals surface area (Å²) >= 11 is 0. The number of phenols is 1. The van der Waals surface area contributed by atoms with E-state index < -0.39 is 58.9 Å². The molecule has 1 saturated heterocycles. The summed E-state index contributed by atoms with van der Waals surface area (Å²) in [6, 6.07) is 5.01. The smallest absolute Gasteiger partial charge is 0.312 e. The molecule has 1 aromatic heterocycles. The highest BCUT2D eigenvalue weighted by atomic mass is 16.7. The average molecular weight is 955 g/mol. The van der Waals surface area contributed by atoms with Gasteiger partial charge in [-0.1, -0.05) is 52.8 Å². The Kier molecular flexibility index (Phi) is 15.8. The monoisotopic (exact) mass is 954 g/mol. The van der Waals surface area contributed by atoms with Crippen molar-refractivity contribution in [2.45, 2.75) is 86.4 Å². The summed E-state index contributed by atoms with van der Waals surface area (Å²) in [5.74, 6) is -5.52. The number of allylic oxidation sites excluding steroid dienone is 2. The Morgan fingerprint density at radius 2 is 1.72 bits per heavy atom. The Bertz CT molecular complexity index is 2740. The number of phenolic OH excluding ortho intramolecular Hbond substituents is 1. The number of hydrogen-bond acceptors (Lipinski definition) is 16. The fourth-order valence-corrected chi connectivity index (χ4v) is 9.19. The van der Waals surface area contributed by atoms with Gasteiger partial charge in [-0.3, -0.25) is 24.1 Å². The zero-order chi connectivity index (χ0) is 49.9. The zero-order valence-electron chi connectivity index (χ0n) is 41.2. The molecule has 17 nitrogen and oxygen atoms in total. The van der Waals surface area contributed by atoms with Crippen LogP contribution in [0.5, 0.6) is 17.2 Å². The molecular weight excluding hydrogens is 889 g/mol. The fraction of sp³-hybridized carbons (Fsp3) is 0.519. The molecule has 0 spiro atoms. The van der Waals surface area contributed by atoms with E-state index in [1.807, 2.05) is 34.6 Å². The fourth-order valence-electron chi connectivity index (χ4n) is 9.19. The summed E-state index contributed by atoms with van der Waals surface area (Å²) in [5, 5.41) is 29.5. The second-order valence-corrected chi connectivity index (χ2v) is 18.8. The first-order valence-corrected chi connectivity index (χ1v) is 23.7. The number of nitrogens with one attached hydrogen (secondary N) is 2. The molecule has 1 fully saturated rings. The molecule has 3 aliphatic rings. The van der Waals surface area contributed by atoms with Crippen LogP contribution in [0.2, 0.25) is 0 Å². The highest BCUT2D eigenvalue weighted by Gasteiger charge is 2.49. The van der Waals surface area contributed by atoms with Crippen molar-refractivity contribution in [1.29, 1.82) is 0 Å². The number of carbonyl (C=O) groups is 3. The summed E-state index contributed by atoms with van der Waals surface area (Å²) in [7, 11) is 1.51. The van der Waals surface area contributed by atoms with Crippen LogP contribution in [0.3, 0.4) is 0 Å². The van der Waals surface area contributed by atoms with Gasteiger partial charge in [-0.25, -0.2) is 4.98 Å². The molecule has 69 heavy (non-hydrogen) atoms. The van der Waals surface area contributed by atoms with Gasteiger partial charge in [-0.2, -0.15) is 0 Å². The predicted octanol–water partition coefficient (Wildman–Crippen LogP) is 6.57. The number of carbonyl (C=O) groups excluding carboxylic acids is 3. The van der Waals surface area contributed by atoms with Crippen LogP contribution in [0.1, 0.15) is 71.3 Å². The van der Waals surface area contributed by atoms with E-state index in [0.717, 1.165) is 19.6 Å². The number of benzene rings is 3. The maximum atomic E-state index is 14.8. The van der Waals surface area contributed by atoms with Crippen molar-refractivity contribution in [3.63, 3.8) is 0 Å². The van der Waals surface area contributed by atoms with Crippen LogP contribution in [0.4, 0.5) is 5.69 Å². The molecule has 1 amide bonds. The van der Waals surface area contributed by atoms with E-state index in [2.05, 4.69) is 15.5 Å². The molecule has 3 aromatic carbocycles. The Morgan fingerprint density at radius 3 is 2.43 bits per heavy atom. The molecule has 4 bridgehead atoms. The third-order valence-corrected chi connectivity index (χ3v) is 13.9. The van der Waals surface area contributed by atoms with Crippen molar-refractivity contribution >= 4 is 56.3 Å². The number of anilines is 1. The molecule has 3 aliphatic heterocycles. The topological polar surface area (TPSA) is 217 Å². The van der Waals surface area contributed by atoms with Crippen LogP contribution < -0.4 is 25.5 Å². The quantitative estimate of drug-likeness (QED) is 0.0295. The minimum atomic E-state index is -2.01. The van der Waals surface area contributed by atoms with Crippen LogP contribution in [-0.4, -0.2) is 122 Å². The van der Waals surface area contributed by atoms with Crippen LogP contribution >= 0.6 is 0 Å². The van der Waals surface area contributed by atoms with E-state index in [0.29, 0.717) is 44.2 Å². The lowest BCUT2D eigenvalue weighted by Crippen LogP contribution is -2.43. The van der Waals surface area contributed by atoms with Gasteiger partial charge in [-0.05, 0) is 49.8 Å². The maximum Gasteiger partial charge on any atom is 0.312 e. The number of aromatic nitrogens is 1. The molecule has 17 heteroatoms. The summed E-state index contributed by atoms with van der Waals surface area (Å²) < 4.78 is 42.4. The van der Waals surface area contributed by atoms with Gasteiger partial charge in [-0.15, -0.1) is 0 Å². The van der Waals surface area contributed by atoms with Crippen molar-refractivity contribution in [1.82, 2.24) is 15.2 Å². The number of ketones is 1. The lowest BCUT2D eigenvalue weighted by Gasteiger charge is -2.39. The van der Waals surface area contributed by atoms with Crippen molar-refractivity contribution < 1.29 is 57.4 Å². The van der Waals surface area contributed by atoms with Gasteiger partial charge in [0.15, 0.2) is 22.3 Å². The second-order valence-electron chi connectivity index (χ2n) is 18.8. The number of nitrogens with zero attached hydrogens (tertiary/aromatic N) is 2. The van der Waals surface area contributed by atoms with Crippen LogP contribution in [0.15, 0.2) is 63.6 Å². The number of amides is 1. The molecule has 7 rings (SSSR count). The third-order valence-electron chi connectivity index (χ3n) is 13.9. The molecule has 0 aliphatic carbocycles. The standard InChI is InChI=1S/C52H66N4O13/c1-27-12-11-13-28(2)51(62)55-43-46(60)40-39(42-49(43)68-38-26-35(14-15-36(38)54-42)65-24-18-53-17-23-64-25-21-56-19-20-56)41-48(33(7)45(40)59)69-52(9,50(41)61)66-22-16-37(63-10)32(6)47(67-34(8)57)31(5)29(3)30(4)44(27)58/h11-16,22,26-27,29-32,37,44,47,53,58,60H,17-21,23-25H2,1-10H3,(H,55,62)/b12-11+,22-16+,28-13-/t27-,29+,30-,31+,32+,37-,44-,47-,52-/m0/s1. The van der Waals surface area contributed by atoms with Gasteiger partial charge in [0.2, 0.25) is 0 Å². The number of fused-ring (bicyclic) bond motifs is 2. The van der Waals surface area contributed by atoms with Crippen molar-refractivity contribution in [3.8, 4) is 17.2 Å². The van der Waals surface area contributed by atoms with Crippen LogP contribution in [0.25, 0.3) is 33.0 Å². The van der Waals surface area contributed by atoms with E-state index in [-0.39, 0.29) is 79.3 Å². The van der Waals surface area contributed by atoms with Gasteiger partial charge in [0, 0.05) is 88.1 Å². The highest BCUT2D eigenvalue weighted by Crippen LogP contribution is 2.48. The first-order chi connectivity index (χ1) is 32.9. The van der Waals surface area contributed by atoms with Gasteiger partial charge in [0.05, 0.1) is 42.6 Å². The Balaban J connectivity index is 1.31. The molecule has 372 valence electrons. The molecule has 4 N–H and O–H groups in total. The largest absolute Gasteiger partial charge is 0.505 e. The number of esters is 1. The van der Waals surface area contributed by atoms with Gasteiger partial charge in [0.1, 0.15) is 40.9 Å². The minimum Gasteiger partial charge on any atom is -0.505 e. The number of aliphatic hydroxyl groups is 1. The Labute approximate surface area is 401 Å². The predicted molar refractivity (Wildman–Crippen MR) is 261 cm³/mol. The van der Waals surface area contributed by atoms with Gasteiger partial charge >= 0.3 is 11.8 Å². The lowest BCUT2D eigenvalue weighted by molar-refractivity contribution is -0.157. The molecular formula is C52H66N4O13. The summed E-state index contributed by atoms with van der Waals surface area (Å²) in [4.78, 5) is 63.0. The normalized spacial score (nSPS) is 28.5. The number of ether oxygens (including phenoxy) is 6. The highest BCUT2D eigenvalue weighted by molar-refractivity contribution is 6.26. The number of aromatic hydroxyl groups is 1. The van der Waals surface area contributed by atoms with Crippen molar-refractivity contribution in [3.05, 3.63) is 75.7 Å². The van der Waals surface area contributed by atoms with E-state index in [9.17, 15) is 29.4 Å². The van der Waals surface area contributed by atoms with E-state index in [4.69, 9.17) is 37.8 Å². The third kappa shape index (κ3) is 10.8. The van der Waals surface area contributed by atoms with Gasteiger partial charge in [0.25, 0.3) is 11.7 Å².